The summed E-state index contributed by atoms with van der Waals surface area (Å²) in [5.74, 6) is 3.71. The molecule has 2 aromatic heterocycles. The zero-order chi connectivity index (χ0) is 14.8. The van der Waals surface area contributed by atoms with Crippen molar-refractivity contribution < 1.29 is 8.83 Å². The number of halogens is 1. The Kier molecular flexibility index (Phi) is 3.89. The van der Waals surface area contributed by atoms with E-state index in [1.54, 1.807) is 0 Å². The zero-order valence-corrected chi connectivity index (χ0v) is 12.9. The van der Waals surface area contributed by atoms with Gasteiger partial charge in [-0.05, 0) is 62.2 Å². The van der Waals surface area contributed by atoms with Gasteiger partial charge in [-0.25, -0.2) is 0 Å². The Labute approximate surface area is 129 Å². The highest BCUT2D eigenvalue weighted by Gasteiger charge is 2.21. The molecule has 0 radical (unpaired) electrons. The molecule has 3 heteroatoms. The molecule has 0 unspecified atom stereocenters. The maximum Gasteiger partial charge on any atom is 0.115 e. The van der Waals surface area contributed by atoms with Gasteiger partial charge < -0.3 is 8.83 Å². The van der Waals surface area contributed by atoms with Crippen molar-refractivity contribution in [2.75, 3.05) is 0 Å². The maximum absolute atomic E-state index is 6.08. The number of hydrogen-bond acceptors (Lipinski definition) is 2. The normalized spacial score (nSPS) is 11.2. The Morgan fingerprint density at radius 1 is 0.905 bits per heavy atom. The maximum atomic E-state index is 6.08. The highest BCUT2D eigenvalue weighted by molar-refractivity contribution is 6.30. The van der Waals surface area contributed by atoms with Gasteiger partial charge in [0.2, 0.25) is 0 Å². The monoisotopic (exact) mass is 300 g/mol. The van der Waals surface area contributed by atoms with Gasteiger partial charge in [0.05, 0.1) is 5.92 Å². The second-order valence-corrected chi connectivity index (χ2v) is 5.72. The lowest BCUT2D eigenvalue weighted by molar-refractivity contribution is 0.406. The van der Waals surface area contributed by atoms with Crippen LogP contribution in [0, 0.1) is 13.8 Å². The fourth-order valence-corrected chi connectivity index (χ4v) is 2.74. The van der Waals surface area contributed by atoms with E-state index in [1.807, 2.05) is 56.3 Å². The minimum Gasteiger partial charge on any atom is -0.466 e. The van der Waals surface area contributed by atoms with Crippen LogP contribution in [0.4, 0.5) is 0 Å². The minimum atomic E-state index is 0.0610. The molecule has 108 valence electrons. The third-order valence-electron chi connectivity index (χ3n) is 3.54. The largest absolute Gasteiger partial charge is 0.466 e. The molecule has 0 aliphatic heterocycles. The first-order valence-corrected chi connectivity index (χ1v) is 7.37. The average Bonchev–Trinajstić information content (AvgIpc) is 3.05. The van der Waals surface area contributed by atoms with Crippen LogP contribution in [0.2, 0.25) is 5.02 Å². The molecule has 0 saturated carbocycles. The molecule has 0 aliphatic carbocycles. The van der Waals surface area contributed by atoms with Crippen molar-refractivity contribution in [3.8, 4) is 0 Å². The molecular formula is C18H17ClO2. The van der Waals surface area contributed by atoms with E-state index >= 15 is 0 Å². The van der Waals surface area contributed by atoms with Gasteiger partial charge in [-0.3, -0.25) is 0 Å². The van der Waals surface area contributed by atoms with Crippen LogP contribution in [0.5, 0.6) is 0 Å². The Morgan fingerprint density at radius 2 is 1.52 bits per heavy atom. The van der Waals surface area contributed by atoms with Crippen molar-refractivity contribution in [3.63, 3.8) is 0 Å². The fraction of sp³-hybridized carbons (Fsp3) is 0.222. The number of furan rings is 2. The Bertz CT molecular complexity index is 699. The molecule has 2 nitrogen and oxygen atoms in total. The number of rotatable bonds is 4. The molecule has 1 aromatic carbocycles. The van der Waals surface area contributed by atoms with E-state index in [0.717, 1.165) is 40.0 Å². The topological polar surface area (TPSA) is 26.3 Å². The van der Waals surface area contributed by atoms with Gasteiger partial charge in [0.1, 0.15) is 23.0 Å². The van der Waals surface area contributed by atoms with Crippen molar-refractivity contribution in [2.24, 2.45) is 0 Å². The SMILES string of the molecule is Cc1ccc(C(Cc2cccc(Cl)c2)c2ccc(C)o2)o1. The van der Waals surface area contributed by atoms with Crippen LogP contribution in [0.1, 0.15) is 34.5 Å². The molecule has 0 saturated heterocycles. The zero-order valence-electron chi connectivity index (χ0n) is 12.1. The van der Waals surface area contributed by atoms with Gasteiger partial charge in [-0.15, -0.1) is 0 Å². The Hall–Kier alpha value is -1.93. The standard InChI is InChI=1S/C18H17ClO2/c1-12-6-8-17(20-12)16(18-9-7-13(2)21-18)11-14-4-3-5-15(19)10-14/h3-10,16H,11H2,1-2H3. The van der Waals surface area contributed by atoms with Crippen molar-refractivity contribution in [2.45, 2.75) is 26.2 Å². The van der Waals surface area contributed by atoms with Crippen molar-refractivity contribution in [1.29, 1.82) is 0 Å². The summed E-state index contributed by atoms with van der Waals surface area (Å²) in [5.41, 5.74) is 1.16. The second kappa shape index (κ2) is 5.82. The lowest BCUT2D eigenvalue weighted by Gasteiger charge is -2.13. The lowest BCUT2D eigenvalue weighted by atomic mass is 9.94. The van der Waals surface area contributed by atoms with E-state index in [2.05, 4.69) is 6.07 Å². The van der Waals surface area contributed by atoms with Crippen molar-refractivity contribution >= 4 is 11.6 Å². The Balaban J connectivity index is 1.96. The molecule has 0 aliphatic rings. The molecule has 0 spiro atoms. The minimum absolute atomic E-state index is 0.0610. The molecule has 0 N–H and O–H groups in total. The third kappa shape index (κ3) is 3.22. The summed E-state index contributed by atoms with van der Waals surface area (Å²) in [7, 11) is 0. The summed E-state index contributed by atoms with van der Waals surface area (Å²) in [6.07, 6.45) is 0.792. The number of hydrogen-bond donors (Lipinski definition) is 0. The van der Waals surface area contributed by atoms with Gasteiger partial charge in [0, 0.05) is 5.02 Å². The number of benzene rings is 1. The molecular weight excluding hydrogens is 284 g/mol. The second-order valence-electron chi connectivity index (χ2n) is 5.28. The summed E-state index contributed by atoms with van der Waals surface area (Å²) in [6.45, 7) is 3.90. The fourth-order valence-electron chi connectivity index (χ4n) is 2.52. The molecule has 2 heterocycles. The van der Waals surface area contributed by atoms with E-state index in [-0.39, 0.29) is 5.92 Å². The van der Waals surface area contributed by atoms with Crippen molar-refractivity contribution in [3.05, 3.63) is 82.2 Å². The van der Waals surface area contributed by atoms with E-state index in [0.29, 0.717) is 0 Å². The van der Waals surface area contributed by atoms with Crippen LogP contribution < -0.4 is 0 Å². The van der Waals surface area contributed by atoms with Crippen molar-refractivity contribution in [1.82, 2.24) is 0 Å². The molecule has 0 fully saturated rings. The molecule has 0 amide bonds. The summed E-state index contributed by atoms with van der Waals surface area (Å²) in [5, 5.41) is 0.748. The van der Waals surface area contributed by atoms with Crippen LogP contribution in [-0.4, -0.2) is 0 Å². The smallest absolute Gasteiger partial charge is 0.115 e. The molecule has 3 rings (SSSR count). The predicted molar refractivity (Wildman–Crippen MR) is 83.9 cm³/mol. The predicted octanol–water partition coefficient (Wildman–Crippen LogP) is 5.52. The quantitative estimate of drug-likeness (QED) is 0.634. The molecule has 3 aromatic rings. The molecule has 21 heavy (non-hydrogen) atoms. The van der Waals surface area contributed by atoms with Crippen LogP contribution in [0.25, 0.3) is 0 Å². The van der Waals surface area contributed by atoms with E-state index in [1.165, 1.54) is 0 Å². The van der Waals surface area contributed by atoms with Crippen LogP contribution in [0.3, 0.4) is 0 Å². The highest BCUT2D eigenvalue weighted by atomic mass is 35.5. The van der Waals surface area contributed by atoms with Gasteiger partial charge in [-0.1, -0.05) is 23.7 Å². The molecule has 0 atom stereocenters. The first kappa shape index (κ1) is 14.0. The summed E-state index contributed by atoms with van der Waals surface area (Å²) in [4.78, 5) is 0. The third-order valence-corrected chi connectivity index (χ3v) is 3.77. The summed E-state index contributed by atoms with van der Waals surface area (Å²) >= 11 is 6.08. The van der Waals surface area contributed by atoms with E-state index < -0.39 is 0 Å². The van der Waals surface area contributed by atoms with Gasteiger partial charge in [0.25, 0.3) is 0 Å². The highest BCUT2D eigenvalue weighted by Crippen LogP contribution is 2.31. The summed E-state index contributed by atoms with van der Waals surface area (Å²) in [6, 6.07) is 15.9. The number of aryl methyl sites for hydroxylation is 2. The van der Waals surface area contributed by atoms with E-state index in [4.69, 9.17) is 20.4 Å². The molecule has 0 bridgehead atoms. The summed E-state index contributed by atoms with van der Waals surface area (Å²) < 4.78 is 11.6. The van der Waals surface area contributed by atoms with Crippen LogP contribution in [0.15, 0.2) is 57.4 Å². The van der Waals surface area contributed by atoms with E-state index in [9.17, 15) is 0 Å². The first-order valence-electron chi connectivity index (χ1n) is 6.99. The van der Waals surface area contributed by atoms with Crippen LogP contribution >= 0.6 is 11.6 Å². The van der Waals surface area contributed by atoms with Gasteiger partial charge in [-0.2, -0.15) is 0 Å². The van der Waals surface area contributed by atoms with Gasteiger partial charge >= 0.3 is 0 Å². The lowest BCUT2D eigenvalue weighted by Crippen LogP contribution is -2.03. The Morgan fingerprint density at radius 3 is 2.00 bits per heavy atom. The first-order chi connectivity index (χ1) is 10.1. The van der Waals surface area contributed by atoms with Crippen LogP contribution in [-0.2, 0) is 6.42 Å². The average molecular weight is 301 g/mol. The van der Waals surface area contributed by atoms with Gasteiger partial charge in [0.15, 0.2) is 0 Å².